The van der Waals surface area contributed by atoms with Crippen molar-refractivity contribution in [2.24, 2.45) is 0 Å². The summed E-state index contributed by atoms with van der Waals surface area (Å²) in [6.07, 6.45) is 3.15. The summed E-state index contributed by atoms with van der Waals surface area (Å²) in [6.45, 7) is 0. The molecule has 0 aromatic heterocycles. The van der Waals surface area contributed by atoms with Crippen LogP contribution in [0.25, 0.3) is 0 Å². The van der Waals surface area contributed by atoms with Crippen LogP contribution in [0.3, 0.4) is 0 Å². The van der Waals surface area contributed by atoms with Gasteiger partial charge in [0.25, 0.3) is 0 Å². The lowest BCUT2D eigenvalue weighted by atomic mass is 9.69. The van der Waals surface area contributed by atoms with Crippen molar-refractivity contribution in [3.8, 4) is 6.07 Å². The molecule has 0 fully saturated rings. The van der Waals surface area contributed by atoms with E-state index < -0.39 is 5.41 Å². The molecule has 0 N–H and O–H groups in total. The van der Waals surface area contributed by atoms with Gasteiger partial charge >= 0.3 is 0 Å². The first-order chi connectivity index (χ1) is 9.81. The lowest BCUT2D eigenvalue weighted by molar-refractivity contribution is 0.628. The molecule has 0 heterocycles. The molecule has 3 rings (SSSR count). The van der Waals surface area contributed by atoms with E-state index in [1.54, 1.807) is 0 Å². The number of benzene rings is 2. The van der Waals surface area contributed by atoms with Gasteiger partial charge < -0.3 is 0 Å². The molecule has 0 bridgehead atoms. The van der Waals surface area contributed by atoms with Crippen LogP contribution in [0, 0.1) is 11.3 Å². The number of hydrogen-bond donors (Lipinski definition) is 0. The fourth-order valence-electron chi connectivity index (χ4n) is 3.39. The lowest BCUT2D eigenvalue weighted by Crippen LogP contribution is -2.27. The maximum Gasteiger partial charge on any atom is 0.107 e. The van der Waals surface area contributed by atoms with Crippen LogP contribution in [0.2, 0.25) is 6.32 Å². The van der Waals surface area contributed by atoms with Gasteiger partial charge in [0.1, 0.15) is 5.41 Å². The van der Waals surface area contributed by atoms with Gasteiger partial charge in [-0.15, -0.1) is 0 Å². The smallest absolute Gasteiger partial charge is 0.107 e. The first kappa shape index (κ1) is 13.0. The van der Waals surface area contributed by atoms with Gasteiger partial charge in [-0.1, -0.05) is 54.9 Å². The molecule has 2 radical (unpaired) electrons. The van der Waals surface area contributed by atoms with Crippen LogP contribution >= 0.6 is 0 Å². The highest BCUT2D eigenvalue weighted by Crippen LogP contribution is 2.42. The predicted octanol–water partition coefficient (Wildman–Crippen LogP) is 3.57. The maximum atomic E-state index is 9.99. The SMILES string of the molecule is [B]CCC1(C#N)c2ccccc2CCc2ccccc21. The summed E-state index contributed by atoms with van der Waals surface area (Å²) in [6, 6.07) is 19.2. The average Bonchev–Trinajstić information content (AvgIpc) is 2.64. The summed E-state index contributed by atoms with van der Waals surface area (Å²) in [5, 5.41) is 9.99. The molecular formula is C18H16BN. The number of rotatable bonds is 2. The zero-order valence-electron chi connectivity index (χ0n) is 11.5. The summed E-state index contributed by atoms with van der Waals surface area (Å²) in [5.41, 5.74) is 4.23. The minimum atomic E-state index is -0.599. The monoisotopic (exact) mass is 257 g/mol. The molecule has 0 aliphatic heterocycles. The second-order valence-electron chi connectivity index (χ2n) is 5.37. The summed E-state index contributed by atoms with van der Waals surface area (Å²) in [5.74, 6) is 0. The van der Waals surface area contributed by atoms with E-state index in [0.29, 0.717) is 12.7 Å². The third-order valence-electron chi connectivity index (χ3n) is 4.33. The van der Waals surface area contributed by atoms with Crippen molar-refractivity contribution in [3.05, 3.63) is 70.8 Å². The van der Waals surface area contributed by atoms with Gasteiger partial charge in [0.05, 0.1) is 13.9 Å². The number of nitrogens with zero attached hydrogens (tertiary/aromatic N) is 1. The Hall–Kier alpha value is -2.01. The maximum absolute atomic E-state index is 9.99. The molecule has 2 aromatic carbocycles. The minimum Gasteiger partial charge on any atom is -0.197 e. The van der Waals surface area contributed by atoms with Crippen LogP contribution in [0.15, 0.2) is 48.5 Å². The molecule has 0 spiro atoms. The van der Waals surface area contributed by atoms with E-state index >= 15 is 0 Å². The van der Waals surface area contributed by atoms with Crippen LogP contribution in [0.1, 0.15) is 28.7 Å². The van der Waals surface area contributed by atoms with Crippen LogP contribution in [-0.2, 0) is 18.3 Å². The highest BCUT2D eigenvalue weighted by Gasteiger charge is 2.38. The Morgan fingerprint density at radius 1 is 0.950 bits per heavy atom. The van der Waals surface area contributed by atoms with E-state index in [2.05, 4.69) is 42.5 Å². The topological polar surface area (TPSA) is 23.8 Å². The van der Waals surface area contributed by atoms with Gasteiger partial charge in [-0.25, -0.2) is 0 Å². The van der Waals surface area contributed by atoms with Crippen molar-refractivity contribution in [2.75, 3.05) is 0 Å². The Balaban J connectivity index is 2.32. The van der Waals surface area contributed by atoms with Crippen LogP contribution < -0.4 is 0 Å². The van der Waals surface area contributed by atoms with Crippen molar-refractivity contribution in [3.63, 3.8) is 0 Å². The van der Waals surface area contributed by atoms with Crippen LogP contribution in [-0.4, -0.2) is 7.85 Å². The number of nitriles is 1. The van der Waals surface area contributed by atoms with E-state index in [-0.39, 0.29) is 0 Å². The Labute approximate surface area is 121 Å². The van der Waals surface area contributed by atoms with E-state index in [0.717, 1.165) is 24.0 Å². The van der Waals surface area contributed by atoms with Crippen molar-refractivity contribution in [2.45, 2.75) is 31.0 Å². The Bertz CT molecular complexity index is 622. The summed E-state index contributed by atoms with van der Waals surface area (Å²) >= 11 is 0. The van der Waals surface area contributed by atoms with Gasteiger partial charge in [0, 0.05) is 0 Å². The normalized spacial score (nSPS) is 15.6. The van der Waals surface area contributed by atoms with Crippen LogP contribution in [0.5, 0.6) is 0 Å². The molecular weight excluding hydrogens is 241 g/mol. The Morgan fingerprint density at radius 2 is 1.45 bits per heavy atom. The van der Waals surface area contributed by atoms with E-state index in [4.69, 9.17) is 7.85 Å². The molecule has 96 valence electrons. The third kappa shape index (κ3) is 1.86. The number of fused-ring (bicyclic) bond motifs is 2. The Morgan fingerprint density at radius 3 is 1.90 bits per heavy atom. The van der Waals surface area contributed by atoms with Crippen LogP contribution in [0.4, 0.5) is 0 Å². The summed E-state index contributed by atoms with van der Waals surface area (Å²) < 4.78 is 0. The molecule has 1 nitrogen and oxygen atoms in total. The van der Waals surface area contributed by atoms with Crippen molar-refractivity contribution >= 4 is 7.85 Å². The fourth-order valence-corrected chi connectivity index (χ4v) is 3.39. The number of aryl methyl sites for hydroxylation is 2. The van der Waals surface area contributed by atoms with Crippen molar-refractivity contribution < 1.29 is 0 Å². The molecule has 0 atom stereocenters. The Kier molecular flexibility index (Phi) is 3.36. The summed E-state index contributed by atoms with van der Waals surface area (Å²) in [4.78, 5) is 0. The molecule has 0 saturated heterocycles. The zero-order chi connectivity index (χ0) is 14.0. The minimum absolute atomic E-state index is 0.510. The van der Waals surface area contributed by atoms with Gasteiger partial charge in [-0.05, 0) is 41.5 Å². The predicted molar refractivity (Wildman–Crippen MR) is 81.9 cm³/mol. The molecule has 0 saturated carbocycles. The van der Waals surface area contributed by atoms with Gasteiger partial charge in [-0.2, -0.15) is 5.26 Å². The van der Waals surface area contributed by atoms with Gasteiger partial charge in [0.2, 0.25) is 0 Å². The highest BCUT2D eigenvalue weighted by molar-refractivity contribution is 6.08. The first-order valence-electron chi connectivity index (χ1n) is 7.10. The molecule has 0 amide bonds. The second-order valence-corrected chi connectivity index (χ2v) is 5.37. The van der Waals surface area contributed by atoms with E-state index in [9.17, 15) is 5.26 Å². The second kappa shape index (κ2) is 5.17. The quantitative estimate of drug-likeness (QED) is 0.754. The van der Waals surface area contributed by atoms with Gasteiger partial charge in [-0.3, -0.25) is 0 Å². The molecule has 1 aliphatic carbocycles. The van der Waals surface area contributed by atoms with E-state index in [1.165, 1.54) is 11.1 Å². The molecule has 0 unspecified atom stereocenters. The first-order valence-corrected chi connectivity index (χ1v) is 7.10. The standard InChI is InChI=1S/C18H16BN/c19-12-11-18(13-20)16-7-3-1-5-14(16)9-10-15-6-2-4-8-17(15)18/h1-8H,9-12H2. The molecule has 20 heavy (non-hydrogen) atoms. The van der Waals surface area contributed by atoms with Crippen molar-refractivity contribution in [1.29, 1.82) is 5.26 Å². The summed E-state index contributed by atoms with van der Waals surface area (Å²) in [7, 11) is 5.83. The fraction of sp³-hybridized carbons (Fsp3) is 0.278. The van der Waals surface area contributed by atoms with E-state index in [1.807, 2.05) is 12.1 Å². The molecule has 1 aliphatic rings. The highest BCUT2D eigenvalue weighted by atomic mass is 14.4. The molecule has 2 aromatic rings. The lowest BCUT2D eigenvalue weighted by Gasteiger charge is -2.29. The largest absolute Gasteiger partial charge is 0.197 e. The number of hydrogen-bond acceptors (Lipinski definition) is 1. The average molecular weight is 257 g/mol. The third-order valence-corrected chi connectivity index (χ3v) is 4.33. The van der Waals surface area contributed by atoms with Crippen molar-refractivity contribution in [1.82, 2.24) is 0 Å². The van der Waals surface area contributed by atoms with Gasteiger partial charge in [0.15, 0.2) is 0 Å². The molecule has 2 heteroatoms. The zero-order valence-corrected chi connectivity index (χ0v) is 11.5.